The van der Waals surface area contributed by atoms with Gasteiger partial charge in [-0.05, 0) is 51.5 Å². The molecule has 0 spiro atoms. The van der Waals surface area contributed by atoms with Gasteiger partial charge in [0.05, 0.1) is 6.61 Å². The number of ether oxygens (including phenoxy) is 2. The Balaban J connectivity index is 1.75. The Morgan fingerprint density at radius 2 is 1.72 bits per heavy atom. The molecule has 3 rings (SSSR count). The number of cyclic esters (lactones) is 1. The molecule has 47 heavy (non-hydrogen) atoms. The summed E-state index contributed by atoms with van der Waals surface area (Å²) >= 11 is 0. The summed E-state index contributed by atoms with van der Waals surface area (Å²) in [7, 11) is 0. The molecule has 0 aromatic heterocycles. The van der Waals surface area contributed by atoms with Gasteiger partial charge >= 0.3 is 18.1 Å². The molecule has 0 aliphatic carbocycles. The molecule has 0 saturated carbocycles. The summed E-state index contributed by atoms with van der Waals surface area (Å²) < 4.78 is 10.3. The maximum Gasteiger partial charge on any atom is 0.408 e. The number of amides is 6. The molecule has 14 nitrogen and oxygen atoms in total. The summed E-state index contributed by atoms with van der Waals surface area (Å²) in [6, 6.07) is 5.43. The van der Waals surface area contributed by atoms with Crippen LogP contribution in [0.25, 0.3) is 0 Å². The summed E-state index contributed by atoms with van der Waals surface area (Å²) in [5.41, 5.74) is 0.603. The minimum atomic E-state index is -1.29. The third-order valence-electron chi connectivity index (χ3n) is 7.41. The first kappa shape index (κ1) is 36.8. The fourth-order valence-electron chi connectivity index (χ4n) is 5.14. The average molecular weight is 657 g/mol. The van der Waals surface area contributed by atoms with Crippen LogP contribution in [0.1, 0.15) is 65.9 Å². The van der Waals surface area contributed by atoms with Crippen LogP contribution in [0.2, 0.25) is 0 Å². The molecule has 0 radical (unpaired) electrons. The van der Waals surface area contributed by atoms with Crippen molar-refractivity contribution in [2.75, 3.05) is 19.7 Å². The van der Waals surface area contributed by atoms with Crippen molar-refractivity contribution in [1.82, 2.24) is 31.9 Å². The van der Waals surface area contributed by atoms with Crippen LogP contribution in [0.15, 0.2) is 42.0 Å². The fourth-order valence-corrected chi connectivity index (χ4v) is 5.14. The van der Waals surface area contributed by atoms with Crippen LogP contribution in [-0.4, -0.2) is 79.2 Å². The van der Waals surface area contributed by atoms with Gasteiger partial charge in [0.2, 0.25) is 17.7 Å². The topological polar surface area (TPSA) is 193 Å². The standard InChI is InChI=1S/C33H48N6O8/c1-20(2)15-25(28(41)36-24(16-22-11-13-34-27(22)40)17-23-12-14-46-30(23)43)37-29(42)26(18-35-31(44)39-33(3,4)5)38-32(45)47-19-21-9-7-6-8-10-21/h6-10,17,20,22,24-26H,11-16,18-19H2,1-5H3,(H,34,40)(H,36,41)(H,37,42)(H,38,45)(H2,35,39,44)/t22-,24-,25-,26-/m0/s1. The van der Waals surface area contributed by atoms with E-state index in [4.69, 9.17) is 9.47 Å². The summed E-state index contributed by atoms with van der Waals surface area (Å²) in [6.45, 7) is 9.59. The second kappa shape index (κ2) is 17.3. The molecule has 2 fully saturated rings. The van der Waals surface area contributed by atoms with E-state index < -0.39 is 53.6 Å². The molecule has 2 aliphatic heterocycles. The fraction of sp³-hybridized carbons (Fsp3) is 0.576. The van der Waals surface area contributed by atoms with Crippen LogP contribution < -0.4 is 31.9 Å². The summed E-state index contributed by atoms with van der Waals surface area (Å²) in [4.78, 5) is 77.0. The third-order valence-corrected chi connectivity index (χ3v) is 7.41. The number of rotatable bonds is 14. The van der Waals surface area contributed by atoms with Crippen molar-refractivity contribution in [2.45, 2.75) is 90.6 Å². The first-order valence-electron chi connectivity index (χ1n) is 16.0. The Kier molecular flexibility index (Phi) is 13.6. The van der Waals surface area contributed by atoms with Gasteiger partial charge in [-0.15, -0.1) is 0 Å². The minimum Gasteiger partial charge on any atom is -0.462 e. The van der Waals surface area contributed by atoms with Crippen LogP contribution in [-0.2, 0) is 35.3 Å². The Bertz CT molecular complexity index is 1310. The van der Waals surface area contributed by atoms with E-state index in [1.165, 1.54) is 0 Å². The second-order valence-electron chi connectivity index (χ2n) is 13.2. The number of alkyl carbamates (subject to hydrolysis) is 1. The predicted octanol–water partition coefficient (Wildman–Crippen LogP) is 1.79. The molecule has 0 bridgehead atoms. The zero-order valence-corrected chi connectivity index (χ0v) is 27.8. The van der Waals surface area contributed by atoms with Gasteiger partial charge < -0.3 is 41.4 Å². The molecule has 6 amide bonds. The lowest BCUT2D eigenvalue weighted by Crippen LogP contribution is -2.59. The Labute approximate surface area is 275 Å². The van der Waals surface area contributed by atoms with E-state index in [2.05, 4.69) is 31.9 Å². The third kappa shape index (κ3) is 13.0. The number of carbonyl (C=O) groups excluding carboxylic acids is 6. The largest absolute Gasteiger partial charge is 0.462 e. The van der Waals surface area contributed by atoms with Crippen molar-refractivity contribution in [1.29, 1.82) is 0 Å². The quantitative estimate of drug-likeness (QED) is 0.129. The predicted molar refractivity (Wildman–Crippen MR) is 173 cm³/mol. The highest BCUT2D eigenvalue weighted by molar-refractivity contribution is 5.93. The lowest BCUT2D eigenvalue weighted by Gasteiger charge is -2.27. The molecule has 1 aromatic carbocycles. The zero-order valence-electron chi connectivity index (χ0n) is 27.8. The molecular formula is C33H48N6O8. The van der Waals surface area contributed by atoms with E-state index in [0.717, 1.165) is 5.56 Å². The highest BCUT2D eigenvalue weighted by Crippen LogP contribution is 2.21. The number of nitrogens with one attached hydrogen (secondary N) is 6. The van der Waals surface area contributed by atoms with E-state index in [0.29, 0.717) is 25.0 Å². The van der Waals surface area contributed by atoms with Crippen LogP contribution in [0.4, 0.5) is 9.59 Å². The van der Waals surface area contributed by atoms with Crippen LogP contribution in [0, 0.1) is 11.8 Å². The van der Waals surface area contributed by atoms with Gasteiger partial charge in [0, 0.05) is 42.6 Å². The van der Waals surface area contributed by atoms with Crippen molar-refractivity contribution >= 4 is 35.8 Å². The number of hydrogen-bond acceptors (Lipinski definition) is 8. The maximum atomic E-state index is 13.7. The van der Waals surface area contributed by atoms with Crippen molar-refractivity contribution in [3.63, 3.8) is 0 Å². The van der Waals surface area contributed by atoms with Crippen molar-refractivity contribution in [2.24, 2.45) is 11.8 Å². The first-order chi connectivity index (χ1) is 22.2. The minimum absolute atomic E-state index is 0.0220. The Hall–Kier alpha value is -4.62. The number of urea groups is 1. The monoisotopic (exact) mass is 656 g/mol. The Morgan fingerprint density at radius 1 is 1.02 bits per heavy atom. The smallest absolute Gasteiger partial charge is 0.408 e. The second-order valence-corrected chi connectivity index (χ2v) is 13.2. The lowest BCUT2D eigenvalue weighted by molar-refractivity contribution is -0.135. The van der Waals surface area contributed by atoms with Crippen LogP contribution in [0.3, 0.4) is 0 Å². The highest BCUT2D eigenvalue weighted by Gasteiger charge is 2.32. The maximum absolute atomic E-state index is 13.7. The number of esters is 1. The summed E-state index contributed by atoms with van der Waals surface area (Å²) in [5.74, 6) is -2.21. The van der Waals surface area contributed by atoms with Crippen LogP contribution in [0.5, 0.6) is 0 Å². The molecule has 2 saturated heterocycles. The van der Waals surface area contributed by atoms with E-state index in [1.54, 1.807) is 51.1 Å². The number of benzene rings is 1. The molecule has 0 unspecified atom stereocenters. The summed E-state index contributed by atoms with van der Waals surface area (Å²) in [6.07, 6.45) is 2.23. The van der Waals surface area contributed by atoms with Gasteiger partial charge in [0.15, 0.2) is 0 Å². The SMILES string of the molecule is CC(C)C[C@H](NC(=O)[C@H](CNC(=O)NC(C)(C)C)NC(=O)OCc1ccccc1)C(=O)N[C@H](C=C1CCOC1=O)C[C@@H]1CCNC1=O. The molecule has 258 valence electrons. The van der Waals surface area contributed by atoms with Gasteiger partial charge in [-0.3, -0.25) is 14.4 Å². The van der Waals surface area contributed by atoms with E-state index in [1.807, 2.05) is 19.9 Å². The molecule has 2 aliphatic rings. The molecule has 6 N–H and O–H groups in total. The van der Waals surface area contributed by atoms with Crippen molar-refractivity contribution in [3.8, 4) is 0 Å². The molecule has 14 heteroatoms. The molecule has 2 heterocycles. The zero-order chi connectivity index (χ0) is 34.6. The van der Waals surface area contributed by atoms with Crippen LogP contribution >= 0.6 is 0 Å². The Morgan fingerprint density at radius 3 is 2.32 bits per heavy atom. The van der Waals surface area contributed by atoms with Crippen molar-refractivity contribution in [3.05, 3.63) is 47.5 Å². The lowest BCUT2D eigenvalue weighted by atomic mass is 9.95. The van der Waals surface area contributed by atoms with Gasteiger partial charge in [-0.25, -0.2) is 14.4 Å². The van der Waals surface area contributed by atoms with Crippen molar-refractivity contribution < 1.29 is 38.2 Å². The van der Waals surface area contributed by atoms with Gasteiger partial charge in [-0.1, -0.05) is 50.3 Å². The van der Waals surface area contributed by atoms with Gasteiger partial charge in [0.1, 0.15) is 18.7 Å². The average Bonchev–Trinajstić information content (AvgIpc) is 3.59. The van der Waals surface area contributed by atoms with E-state index in [9.17, 15) is 28.8 Å². The van der Waals surface area contributed by atoms with Gasteiger partial charge in [0.25, 0.3) is 0 Å². The number of hydrogen-bond donors (Lipinski definition) is 6. The summed E-state index contributed by atoms with van der Waals surface area (Å²) in [5, 5.41) is 16.2. The van der Waals surface area contributed by atoms with E-state index >= 15 is 0 Å². The highest BCUT2D eigenvalue weighted by atomic mass is 16.5. The normalized spacial score (nSPS) is 18.9. The first-order valence-corrected chi connectivity index (χ1v) is 16.0. The molecule has 1 aromatic rings. The number of carbonyl (C=O) groups is 6. The van der Waals surface area contributed by atoms with Gasteiger partial charge in [-0.2, -0.15) is 0 Å². The van der Waals surface area contributed by atoms with E-state index in [-0.39, 0.29) is 50.3 Å². The molecule has 4 atom stereocenters. The molecular weight excluding hydrogens is 608 g/mol.